The molecule has 0 saturated heterocycles. The standard InChI is InChI=1S/C17H15NO4/c1-12(19)11-16(20)18(13-7-3-2-4-8-13)15-10-6-5-9-14(15)17(21)22/h2-10H,11H2,1H3,(H,21,22). The van der Waals surface area contributed by atoms with Crippen molar-refractivity contribution in [2.24, 2.45) is 0 Å². The SMILES string of the molecule is CC(=O)CC(=O)N(c1ccccc1)c1ccccc1C(=O)O. The average Bonchev–Trinajstić information content (AvgIpc) is 2.48. The van der Waals surface area contributed by atoms with Crippen LogP contribution in [0.4, 0.5) is 11.4 Å². The van der Waals surface area contributed by atoms with E-state index in [0.717, 1.165) is 0 Å². The molecule has 0 atom stereocenters. The van der Waals surface area contributed by atoms with Gasteiger partial charge in [-0.3, -0.25) is 14.5 Å². The Morgan fingerprint density at radius 1 is 0.955 bits per heavy atom. The minimum Gasteiger partial charge on any atom is -0.478 e. The number of ketones is 1. The normalized spacial score (nSPS) is 10.0. The number of nitrogens with zero attached hydrogens (tertiary/aromatic N) is 1. The number of carboxylic acids is 1. The molecule has 0 saturated carbocycles. The van der Waals surface area contributed by atoms with Gasteiger partial charge in [-0.05, 0) is 31.2 Å². The van der Waals surface area contributed by atoms with Gasteiger partial charge in [0.15, 0.2) is 0 Å². The second kappa shape index (κ2) is 6.67. The van der Waals surface area contributed by atoms with Crippen LogP contribution in [0.2, 0.25) is 0 Å². The van der Waals surface area contributed by atoms with Crippen molar-refractivity contribution in [1.82, 2.24) is 0 Å². The Bertz CT molecular complexity index is 710. The number of carboxylic acid groups (broad SMARTS) is 1. The fourth-order valence-electron chi connectivity index (χ4n) is 2.14. The molecule has 5 nitrogen and oxygen atoms in total. The number of Topliss-reactive ketones (excluding diaryl/α,β-unsaturated/α-hetero) is 1. The molecular formula is C17H15NO4. The zero-order chi connectivity index (χ0) is 16.1. The van der Waals surface area contributed by atoms with Crippen LogP contribution in [-0.4, -0.2) is 22.8 Å². The Balaban J connectivity index is 2.57. The lowest BCUT2D eigenvalue weighted by atomic mass is 10.1. The van der Waals surface area contributed by atoms with E-state index in [1.54, 1.807) is 48.5 Å². The summed E-state index contributed by atoms with van der Waals surface area (Å²) in [5.41, 5.74) is 0.762. The third kappa shape index (κ3) is 3.38. The number of hydrogen-bond acceptors (Lipinski definition) is 3. The number of anilines is 2. The van der Waals surface area contributed by atoms with Crippen LogP contribution in [0.5, 0.6) is 0 Å². The van der Waals surface area contributed by atoms with E-state index in [-0.39, 0.29) is 23.5 Å². The number of hydrogen-bond donors (Lipinski definition) is 1. The van der Waals surface area contributed by atoms with Crippen LogP contribution < -0.4 is 4.90 Å². The molecule has 0 heterocycles. The fourth-order valence-corrected chi connectivity index (χ4v) is 2.14. The molecule has 2 rings (SSSR count). The first-order valence-corrected chi connectivity index (χ1v) is 6.70. The van der Waals surface area contributed by atoms with Gasteiger partial charge in [0, 0.05) is 5.69 Å². The summed E-state index contributed by atoms with van der Waals surface area (Å²) in [6, 6.07) is 14.9. The van der Waals surface area contributed by atoms with E-state index in [1.807, 2.05) is 0 Å². The zero-order valence-corrected chi connectivity index (χ0v) is 12.0. The van der Waals surface area contributed by atoms with E-state index in [0.29, 0.717) is 5.69 Å². The van der Waals surface area contributed by atoms with Crippen molar-refractivity contribution in [1.29, 1.82) is 0 Å². The zero-order valence-electron chi connectivity index (χ0n) is 12.0. The second-order valence-corrected chi connectivity index (χ2v) is 4.77. The molecular weight excluding hydrogens is 282 g/mol. The third-order valence-electron chi connectivity index (χ3n) is 3.04. The monoisotopic (exact) mass is 297 g/mol. The highest BCUT2D eigenvalue weighted by Crippen LogP contribution is 2.29. The first-order valence-electron chi connectivity index (χ1n) is 6.70. The Morgan fingerprint density at radius 2 is 1.55 bits per heavy atom. The van der Waals surface area contributed by atoms with Crippen LogP contribution in [0.1, 0.15) is 23.7 Å². The van der Waals surface area contributed by atoms with Crippen LogP contribution in [0.3, 0.4) is 0 Å². The van der Waals surface area contributed by atoms with Crippen LogP contribution in [-0.2, 0) is 9.59 Å². The number of aromatic carboxylic acids is 1. The molecule has 2 aromatic rings. The molecule has 0 radical (unpaired) electrons. The third-order valence-corrected chi connectivity index (χ3v) is 3.04. The summed E-state index contributed by atoms with van der Waals surface area (Å²) < 4.78 is 0. The summed E-state index contributed by atoms with van der Waals surface area (Å²) in [5.74, 6) is -1.88. The lowest BCUT2D eigenvalue weighted by molar-refractivity contribution is -0.125. The number of rotatable bonds is 5. The van der Waals surface area contributed by atoms with Crippen molar-refractivity contribution in [3.63, 3.8) is 0 Å². The minimum atomic E-state index is -1.13. The Labute approximate surface area is 127 Å². The van der Waals surface area contributed by atoms with Gasteiger partial charge in [0.1, 0.15) is 5.78 Å². The van der Waals surface area contributed by atoms with Gasteiger partial charge in [-0.1, -0.05) is 30.3 Å². The largest absolute Gasteiger partial charge is 0.478 e. The van der Waals surface area contributed by atoms with Gasteiger partial charge in [-0.15, -0.1) is 0 Å². The van der Waals surface area contributed by atoms with E-state index in [9.17, 15) is 19.5 Å². The summed E-state index contributed by atoms with van der Waals surface area (Å²) in [6.07, 6.45) is -0.289. The van der Waals surface area contributed by atoms with Gasteiger partial charge in [0.25, 0.3) is 0 Å². The number of para-hydroxylation sites is 2. The summed E-state index contributed by atoms with van der Waals surface area (Å²) >= 11 is 0. The predicted molar refractivity (Wildman–Crippen MR) is 82.3 cm³/mol. The summed E-state index contributed by atoms with van der Waals surface area (Å²) in [4.78, 5) is 36.4. The Kier molecular flexibility index (Phi) is 4.68. The van der Waals surface area contributed by atoms with E-state index in [1.165, 1.54) is 17.9 Å². The quantitative estimate of drug-likeness (QED) is 0.861. The Morgan fingerprint density at radius 3 is 2.14 bits per heavy atom. The number of amides is 1. The second-order valence-electron chi connectivity index (χ2n) is 4.77. The summed E-state index contributed by atoms with van der Waals surface area (Å²) in [5, 5.41) is 9.32. The molecule has 0 fully saturated rings. The fraction of sp³-hybridized carbons (Fsp3) is 0.118. The van der Waals surface area contributed by atoms with Crippen LogP contribution in [0, 0.1) is 0 Å². The maximum Gasteiger partial charge on any atom is 0.337 e. The van der Waals surface area contributed by atoms with Crippen molar-refractivity contribution in [2.75, 3.05) is 4.90 Å². The van der Waals surface area contributed by atoms with Gasteiger partial charge < -0.3 is 5.11 Å². The number of carbonyl (C=O) groups excluding carboxylic acids is 2. The highest BCUT2D eigenvalue weighted by molar-refractivity contribution is 6.11. The first kappa shape index (κ1) is 15.4. The van der Waals surface area contributed by atoms with E-state index >= 15 is 0 Å². The molecule has 1 amide bonds. The maximum absolute atomic E-state index is 12.4. The summed E-state index contributed by atoms with van der Waals surface area (Å²) in [6.45, 7) is 1.32. The topological polar surface area (TPSA) is 74.7 Å². The van der Waals surface area contributed by atoms with Crippen LogP contribution in [0.25, 0.3) is 0 Å². The van der Waals surface area contributed by atoms with Gasteiger partial charge in [-0.2, -0.15) is 0 Å². The molecule has 5 heteroatoms. The molecule has 0 aliphatic rings. The molecule has 0 aliphatic heterocycles. The molecule has 0 bridgehead atoms. The predicted octanol–water partition coefficient (Wildman–Crippen LogP) is 3.03. The van der Waals surface area contributed by atoms with Crippen molar-refractivity contribution in [2.45, 2.75) is 13.3 Å². The smallest absolute Gasteiger partial charge is 0.337 e. The molecule has 112 valence electrons. The molecule has 1 N–H and O–H groups in total. The molecule has 22 heavy (non-hydrogen) atoms. The van der Waals surface area contributed by atoms with Crippen molar-refractivity contribution >= 4 is 29.0 Å². The van der Waals surface area contributed by atoms with Crippen LogP contribution >= 0.6 is 0 Å². The maximum atomic E-state index is 12.4. The minimum absolute atomic E-state index is 0.00301. The average molecular weight is 297 g/mol. The lowest BCUT2D eigenvalue weighted by Gasteiger charge is -2.24. The van der Waals surface area contributed by atoms with E-state index < -0.39 is 11.9 Å². The van der Waals surface area contributed by atoms with Gasteiger partial charge in [0.05, 0.1) is 17.7 Å². The number of benzene rings is 2. The highest BCUT2D eigenvalue weighted by atomic mass is 16.4. The summed E-state index contributed by atoms with van der Waals surface area (Å²) in [7, 11) is 0. The van der Waals surface area contributed by atoms with Gasteiger partial charge in [0.2, 0.25) is 5.91 Å². The molecule has 0 spiro atoms. The van der Waals surface area contributed by atoms with Gasteiger partial charge >= 0.3 is 5.97 Å². The van der Waals surface area contributed by atoms with Crippen molar-refractivity contribution in [3.05, 3.63) is 60.2 Å². The number of carbonyl (C=O) groups is 3. The molecule has 0 unspecified atom stereocenters. The van der Waals surface area contributed by atoms with E-state index in [4.69, 9.17) is 0 Å². The Hall–Kier alpha value is -2.95. The molecule has 2 aromatic carbocycles. The van der Waals surface area contributed by atoms with Crippen LogP contribution in [0.15, 0.2) is 54.6 Å². The van der Waals surface area contributed by atoms with Crippen molar-refractivity contribution in [3.8, 4) is 0 Å². The van der Waals surface area contributed by atoms with E-state index in [2.05, 4.69) is 0 Å². The lowest BCUT2D eigenvalue weighted by Crippen LogP contribution is -2.28. The molecule has 0 aliphatic carbocycles. The highest BCUT2D eigenvalue weighted by Gasteiger charge is 2.23. The molecule has 0 aromatic heterocycles. The van der Waals surface area contributed by atoms with Gasteiger partial charge in [-0.25, -0.2) is 4.79 Å². The first-order chi connectivity index (χ1) is 10.5. The van der Waals surface area contributed by atoms with Crippen molar-refractivity contribution < 1.29 is 19.5 Å².